The van der Waals surface area contributed by atoms with Gasteiger partial charge < -0.3 is 25.4 Å². The molecule has 2 fully saturated rings. The molecule has 0 spiro atoms. The Morgan fingerprint density at radius 1 is 1.37 bits per heavy atom. The summed E-state index contributed by atoms with van der Waals surface area (Å²) < 4.78 is 4.90. The minimum Gasteiger partial charge on any atom is -0.481 e. The minimum atomic E-state index is -1.38. The molecule has 0 radical (unpaired) electrons. The summed E-state index contributed by atoms with van der Waals surface area (Å²) in [4.78, 5) is 64.2. The quantitative estimate of drug-likeness (QED) is 0.370. The zero-order valence-corrected chi connectivity index (χ0v) is 17.8. The zero-order chi connectivity index (χ0) is 22.1. The number of hydrogen-bond acceptors (Lipinski definition) is 9. The molecule has 0 aliphatic carbocycles. The van der Waals surface area contributed by atoms with Crippen molar-refractivity contribution in [1.82, 2.24) is 15.2 Å². The van der Waals surface area contributed by atoms with E-state index in [2.05, 4.69) is 15.6 Å². The van der Waals surface area contributed by atoms with E-state index in [1.807, 2.05) is 0 Å². The Balaban J connectivity index is 1.57. The van der Waals surface area contributed by atoms with Crippen LogP contribution in [0.4, 0.5) is 5.13 Å². The molecule has 0 saturated carbocycles. The van der Waals surface area contributed by atoms with Crippen LogP contribution < -0.4 is 10.6 Å². The summed E-state index contributed by atoms with van der Waals surface area (Å²) in [6.45, 7) is 2.13. The fraction of sp³-hybridized carbons (Fsp3) is 0.529. The van der Waals surface area contributed by atoms with Gasteiger partial charge in [0.2, 0.25) is 17.7 Å². The first kappa shape index (κ1) is 22.0. The second-order valence-electron chi connectivity index (χ2n) is 7.08. The number of rotatable bonds is 7. The first-order valence-electron chi connectivity index (χ1n) is 8.91. The van der Waals surface area contributed by atoms with E-state index in [1.54, 1.807) is 5.38 Å². The Morgan fingerprint density at radius 2 is 2.10 bits per heavy atom. The standard InChI is InChI=1S/C17H20N4O7S2/c1-8(22)18-16-19-10(4-29-16)3-11(24)20-12-13(25)21-5-17(15(26)27,6-28-9(2)23)7-30-14(12)21/h4,12,14H,3,5-7H2,1-2H3,(H,20,24)(H,26,27)(H,18,19,22)/t12?,14-,17?/m1/s1. The summed E-state index contributed by atoms with van der Waals surface area (Å²) >= 11 is 2.42. The van der Waals surface area contributed by atoms with Crippen LogP contribution in [0.5, 0.6) is 0 Å². The van der Waals surface area contributed by atoms with Crippen molar-refractivity contribution in [3.63, 3.8) is 0 Å². The van der Waals surface area contributed by atoms with Crippen molar-refractivity contribution in [3.8, 4) is 0 Å². The molecular weight excluding hydrogens is 436 g/mol. The molecule has 11 nitrogen and oxygen atoms in total. The number of aliphatic carboxylic acids is 1. The topological polar surface area (TPSA) is 155 Å². The van der Waals surface area contributed by atoms with E-state index >= 15 is 0 Å². The van der Waals surface area contributed by atoms with Gasteiger partial charge in [0.1, 0.15) is 23.4 Å². The molecule has 3 N–H and O–H groups in total. The maximum Gasteiger partial charge on any atom is 0.315 e. The molecule has 0 bridgehead atoms. The number of nitrogens with one attached hydrogen (secondary N) is 2. The number of carbonyl (C=O) groups is 5. The highest BCUT2D eigenvalue weighted by atomic mass is 32.2. The van der Waals surface area contributed by atoms with Crippen LogP contribution in [-0.2, 0) is 35.1 Å². The number of amides is 3. The lowest BCUT2D eigenvalue weighted by Gasteiger charge is -2.53. The molecule has 3 amide bonds. The van der Waals surface area contributed by atoms with E-state index in [0.29, 0.717) is 10.8 Å². The number of thioether (sulfide) groups is 1. The van der Waals surface area contributed by atoms with Crippen molar-refractivity contribution in [1.29, 1.82) is 0 Å². The van der Waals surface area contributed by atoms with Gasteiger partial charge in [0.25, 0.3) is 0 Å². The fourth-order valence-corrected chi connectivity index (χ4v) is 5.41. The van der Waals surface area contributed by atoms with Crippen molar-refractivity contribution in [2.75, 3.05) is 24.2 Å². The van der Waals surface area contributed by atoms with Crippen LogP contribution in [0.25, 0.3) is 0 Å². The number of carbonyl (C=O) groups excluding carboxylic acids is 4. The van der Waals surface area contributed by atoms with Crippen LogP contribution in [0, 0.1) is 5.41 Å². The van der Waals surface area contributed by atoms with Crippen LogP contribution in [-0.4, -0.2) is 75.0 Å². The Kier molecular flexibility index (Phi) is 6.31. The van der Waals surface area contributed by atoms with Crippen molar-refractivity contribution < 1.29 is 33.8 Å². The number of thiazole rings is 1. The number of carboxylic acid groups (broad SMARTS) is 1. The van der Waals surface area contributed by atoms with Gasteiger partial charge in [0, 0.05) is 31.5 Å². The van der Waals surface area contributed by atoms with Crippen LogP contribution >= 0.6 is 23.1 Å². The third-order valence-electron chi connectivity index (χ3n) is 4.64. The molecule has 3 heterocycles. The van der Waals surface area contributed by atoms with E-state index in [-0.39, 0.29) is 42.5 Å². The van der Waals surface area contributed by atoms with E-state index in [1.165, 1.54) is 41.8 Å². The third-order valence-corrected chi connectivity index (χ3v) is 7.04. The highest BCUT2D eigenvalue weighted by Crippen LogP contribution is 2.42. The molecule has 3 atom stereocenters. The van der Waals surface area contributed by atoms with E-state index in [4.69, 9.17) is 4.74 Å². The summed E-state index contributed by atoms with van der Waals surface area (Å²) in [5, 5.41) is 16.5. The number of ether oxygens (including phenoxy) is 1. The number of nitrogens with zero attached hydrogens (tertiary/aromatic N) is 2. The number of fused-ring (bicyclic) bond motifs is 1. The number of aromatic nitrogens is 1. The smallest absolute Gasteiger partial charge is 0.315 e. The van der Waals surface area contributed by atoms with Gasteiger partial charge in [-0.2, -0.15) is 0 Å². The molecule has 2 saturated heterocycles. The second kappa shape index (κ2) is 8.60. The van der Waals surface area contributed by atoms with E-state index in [9.17, 15) is 29.1 Å². The number of β-lactam (4-membered cyclic amide) rings is 1. The first-order valence-corrected chi connectivity index (χ1v) is 10.8. The van der Waals surface area contributed by atoms with Crippen LogP contribution in [0.2, 0.25) is 0 Å². The van der Waals surface area contributed by atoms with Gasteiger partial charge in [-0.1, -0.05) is 0 Å². The predicted octanol–water partition coefficient (Wildman–Crippen LogP) is -0.322. The van der Waals surface area contributed by atoms with Crippen LogP contribution in [0.15, 0.2) is 5.38 Å². The van der Waals surface area contributed by atoms with Crippen molar-refractivity contribution in [2.45, 2.75) is 31.7 Å². The van der Waals surface area contributed by atoms with Crippen molar-refractivity contribution in [3.05, 3.63) is 11.1 Å². The van der Waals surface area contributed by atoms with Gasteiger partial charge in [0.15, 0.2) is 5.13 Å². The summed E-state index contributed by atoms with van der Waals surface area (Å²) in [6.07, 6.45) is -0.0528. The molecule has 13 heteroatoms. The molecule has 3 rings (SSSR count). The lowest BCUT2D eigenvalue weighted by molar-refractivity contribution is -0.164. The number of carboxylic acids is 1. The molecule has 1 aromatic heterocycles. The average molecular weight is 457 g/mol. The molecule has 0 aromatic carbocycles. The maximum absolute atomic E-state index is 12.5. The largest absolute Gasteiger partial charge is 0.481 e. The maximum atomic E-state index is 12.5. The SMILES string of the molecule is CC(=O)Nc1nc(CC(=O)NC2C(=O)N3CC(COC(C)=O)(C(=O)O)CS[C@H]23)cs1. The van der Waals surface area contributed by atoms with Gasteiger partial charge in [-0.15, -0.1) is 23.1 Å². The van der Waals surface area contributed by atoms with E-state index < -0.39 is 29.3 Å². The third kappa shape index (κ3) is 4.56. The van der Waals surface area contributed by atoms with Gasteiger partial charge >= 0.3 is 11.9 Å². The second-order valence-corrected chi connectivity index (χ2v) is 9.04. The lowest BCUT2D eigenvalue weighted by atomic mass is 9.88. The number of anilines is 1. The number of esters is 1. The molecule has 2 unspecified atom stereocenters. The Labute approximate surface area is 179 Å². The van der Waals surface area contributed by atoms with Gasteiger partial charge in [0.05, 0.1) is 12.1 Å². The molecule has 2 aliphatic heterocycles. The Bertz CT molecular complexity index is 904. The van der Waals surface area contributed by atoms with E-state index in [0.717, 1.165) is 0 Å². The molecule has 1 aromatic rings. The summed E-state index contributed by atoms with van der Waals surface area (Å²) in [6, 6.07) is -0.753. The van der Waals surface area contributed by atoms with Crippen LogP contribution in [0.1, 0.15) is 19.5 Å². The average Bonchev–Trinajstić information content (AvgIpc) is 3.09. The zero-order valence-electron chi connectivity index (χ0n) is 16.2. The lowest BCUT2D eigenvalue weighted by Crippen LogP contribution is -2.74. The summed E-state index contributed by atoms with van der Waals surface area (Å²) in [5.41, 5.74) is -0.912. The highest BCUT2D eigenvalue weighted by molar-refractivity contribution is 8.00. The summed E-state index contributed by atoms with van der Waals surface area (Å²) in [7, 11) is 0. The molecule has 162 valence electrons. The van der Waals surface area contributed by atoms with Crippen molar-refractivity contribution in [2.24, 2.45) is 5.41 Å². The van der Waals surface area contributed by atoms with Crippen LogP contribution in [0.3, 0.4) is 0 Å². The fourth-order valence-electron chi connectivity index (χ4n) is 3.13. The Morgan fingerprint density at radius 3 is 2.73 bits per heavy atom. The monoisotopic (exact) mass is 456 g/mol. The predicted molar refractivity (Wildman–Crippen MR) is 107 cm³/mol. The molecular formula is C17H20N4O7S2. The summed E-state index contributed by atoms with van der Waals surface area (Å²) in [5.74, 6) is -2.64. The first-order chi connectivity index (χ1) is 14.1. The van der Waals surface area contributed by atoms with Crippen molar-refractivity contribution >= 4 is 57.9 Å². The van der Waals surface area contributed by atoms with Gasteiger partial charge in [-0.25, -0.2) is 4.98 Å². The van der Waals surface area contributed by atoms with Gasteiger partial charge in [-0.05, 0) is 0 Å². The normalized spacial score (nSPS) is 25.0. The molecule has 2 aliphatic rings. The molecule has 30 heavy (non-hydrogen) atoms. The minimum absolute atomic E-state index is 0.0528. The number of hydrogen-bond donors (Lipinski definition) is 3. The Hall–Kier alpha value is -2.67. The van der Waals surface area contributed by atoms with Gasteiger partial charge in [-0.3, -0.25) is 24.0 Å². The highest BCUT2D eigenvalue weighted by Gasteiger charge is 2.57.